The van der Waals surface area contributed by atoms with Gasteiger partial charge in [0.2, 0.25) is 5.88 Å². The van der Waals surface area contributed by atoms with Gasteiger partial charge >= 0.3 is 0 Å². The van der Waals surface area contributed by atoms with E-state index in [0.29, 0.717) is 11.4 Å². The number of aryl methyl sites for hydroxylation is 1. The van der Waals surface area contributed by atoms with E-state index in [0.717, 1.165) is 5.65 Å². The molecular weight excluding hydrogens is 156 g/mol. The summed E-state index contributed by atoms with van der Waals surface area (Å²) in [6.45, 7) is 0. The molecule has 5 nitrogen and oxygen atoms in total. The van der Waals surface area contributed by atoms with Crippen molar-refractivity contribution in [1.29, 1.82) is 0 Å². The molecular formula is C7H8N4O. The highest BCUT2D eigenvalue weighted by atomic mass is 16.5. The molecule has 0 amide bonds. The summed E-state index contributed by atoms with van der Waals surface area (Å²) < 4.78 is 6.83. The fourth-order valence-corrected chi connectivity index (χ4v) is 1.07. The van der Waals surface area contributed by atoms with E-state index in [4.69, 9.17) is 4.74 Å². The quantitative estimate of drug-likeness (QED) is 0.611. The van der Waals surface area contributed by atoms with Gasteiger partial charge in [0, 0.05) is 7.05 Å². The van der Waals surface area contributed by atoms with E-state index in [1.165, 1.54) is 6.33 Å². The highest BCUT2D eigenvalue weighted by Crippen LogP contribution is 2.17. The van der Waals surface area contributed by atoms with Gasteiger partial charge in [0.15, 0.2) is 11.2 Å². The molecule has 2 aromatic rings. The highest BCUT2D eigenvalue weighted by molar-refractivity contribution is 5.75. The maximum Gasteiger partial charge on any atom is 0.245 e. The van der Waals surface area contributed by atoms with Gasteiger partial charge in [-0.05, 0) is 0 Å². The first-order chi connectivity index (χ1) is 5.83. The molecule has 0 spiro atoms. The number of aromatic nitrogens is 4. The van der Waals surface area contributed by atoms with Crippen molar-refractivity contribution < 1.29 is 4.74 Å². The molecule has 0 aliphatic rings. The first kappa shape index (κ1) is 7.02. The third kappa shape index (κ3) is 0.827. The summed E-state index contributed by atoms with van der Waals surface area (Å²) in [5.74, 6) is 0.514. The number of hydrogen-bond donors (Lipinski definition) is 0. The summed E-state index contributed by atoms with van der Waals surface area (Å²) in [5, 5.41) is 0. The third-order valence-corrected chi connectivity index (χ3v) is 1.66. The van der Waals surface area contributed by atoms with Gasteiger partial charge in [-0.1, -0.05) is 0 Å². The Balaban J connectivity index is 2.81. The number of rotatable bonds is 1. The van der Waals surface area contributed by atoms with Gasteiger partial charge in [0.25, 0.3) is 0 Å². The van der Waals surface area contributed by atoms with Crippen LogP contribution < -0.4 is 4.74 Å². The Hall–Kier alpha value is -1.65. The third-order valence-electron chi connectivity index (χ3n) is 1.66. The Bertz CT molecular complexity index is 409. The zero-order chi connectivity index (χ0) is 8.55. The number of ether oxygens (including phenoxy) is 1. The molecule has 0 aliphatic carbocycles. The van der Waals surface area contributed by atoms with Crippen LogP contribution in [-0.2, 0) is 7.05 Å². The van der Waals surface area contributed by atoms with Crippen molar-refractivity contribution in [1.82, 2.24) is 19.5 Å². The van der Waals surface area contributed by atoms with Crippen molar-refractivity contribution in [2.24, 2.45) is 7.05 Å². The zero-order valence-corrected chi connectivity index (χ0v) is 6.85. The molecule has 0 N–H and O–H groups in total. The van der Waals surface area contributed by atoms with Crippen LogP contribution in [0, 0.1) is 0 Å². The van der Waals surface area contributed by atoms with Gasteiger partial charge < -0.3 is 9.30 Å². The van der Waals surface area contributed by atoms with Crippen molar-refractivity contribution in [3.05, 3.63) is 12.7 Å². The molecule has 0 radical (unpaired) electrons. The number of hydrogen-bond acceptors (Lipinski definition) is 4. The summed E-state index contributed by atoms with van der Waals surface area (Å²) in [6.07, 6.45) is 3.14. The number of methoxy groups -OCH3 is 1. The lowest BCUT2D eigenvalue weighted by molar-refractivity contribution is 0.401. The second-order valence-electron chi connectivity index (χ2n) is 2.41. The fraction of sp³-hybridized carbons (Fsp3) is 0.286. The number of nitrogens with zero attached hydrogens (tertiary/aromatic N) is 4. The van der Waals surface area contributed by atoms with Crippen LogP contribution in [0.5, 0.6) is 5.88 Å². The van der Waals surface area contributed by atoms with Crippen molar-refractivity contribution in [3.63, 3.8) is 0 Å². The van der Waals surface area contributed by atoms with Crippen LogP contribution >= 0.6 is 0 Å². The Labute approximate surface area is 69.0 Å². The lowest BCUT2D eigenvalue weighted by Crippen LogP contribution is -1.92. The summed E-state index contributed by atoms with van der Waals surface area (Å²) in [7, 11) is 3.44. The average Bonchev–Trinajstić information content (AvgIpc) is 2.48. The summed E-state index contributed by atoms with van der Waals surface area (Å²) in [6, 6.07) is 0. The van der Waals surface area contributed by atoms with E-state index in [9.17, 15) is 0 Å². The second kappa shape index (κ2) is 2.44. The molecule has 62 valence electrons. The van der Waals surface area contributed by atoms with Crippen LogP contribution in [0.25, 0.3) is 11.2 Å². The maximum atomic E-state index is 5.01. The monoisotopic (exact) mass is 164 g/mol. The van der Waals surface area contributed by atoms with Crippen LogP contribution in [0.15, 0.2) is 12.7 Å². The Morgan fingerprint density at radius 3 is 2.92 bits per heavy atom. The van der Waals surface area contributed by atoms with E-state index in [-0.39, 0.29) is 0 Å². The van der Waals surface area contributed by atoms with Crippen LogP contribution in [0.4, 0.5) is 0 Å². The maximum absolute atomic E-state index is 5.01. The van der Waals surface area contributed by atoms with E-state index >= 15 is 0 Å². The SMILES string of the molecule is COc1ncnc2c1ncn2C. The normalized spacial score (nSPS) is 10.5. The first-order valence-electron chi connectivity index (χ1n) is 3.49. The smallest absolute Gasteiger partial charge is 0.245 e. The van der Waals surface area contributed by atoms with Crippen LogP contribution in [-0.4, -0.2) is 26.6 Å². The van der Waals surface area contributed by atoms with Gasteiger partial charge in [0.05, 0.1) is 13.4 Å². The van der Waals surface area contributed by atoms with E-state index < -0.39 is 0 Å². The van der Waals surface area contributed by atoms with Crippen LogP contribution in [0.3, 0.4) is 0 Å². The van der Waals surface area contributed by atoms with Gasteiger partial charge in [0.1, 0.15) is 6.33 Å². The minimum atomic E-state index is 0.514. The molecule has 0 atom stereocenters. The molecule has 2 aromatic heterocycles. The van der Waals surface area contributed by atoms with Crippen LogP contribution in [0.1, 0.15) is 0 Å². The molecule has 0 fully saturated rings. The fourth-order valence-electron chi connectivity index (χ4n) is 1.07. The van der Waals surface area contributed by atoms with E-state index in [2.05, 4.69) is 15.0 Å². The Morgan fingerprint density at radius 1 is 1.33 bits per heavy atom. The molecule has 0 saturated carbocycles. The molecule has 2 heterocycles. The van der Waals surface area contributed by atoms with Gasteiger partial charge in [-0.25, -0.2) is 9.97 Å². The largest absolute Gasteiger partial charge is 0.479 e. The molecule has 0 unspecified atom stereocenters. The number of fused-ring (bicyclic) bond motifs is 1. The standard InChI is InChI=1S/C7H8N4O/c1-11-4-10-5-6(11)8-3-9-7(5)12-2/h3-4H,1-2H3. The minimum Gasteiger partial charge on any atom is -0.479 e. The average molecular weight is 164 g/mol. The Morgan fingerprint density at radius 2 is 2.17 bits per heavy atom. The highest BCUT2D eigenvalue weighted by Gasteiger charge is 2.06. The van der Waals surface area contributed by atoms with Crippen molar-refractivity contribution in [2.45, 2.75) is 0 Å². The summed E-state index contributed by atoms with van der Waals surface area (Å²) in [4.78, 5) is 12.1. The molecule has 0 saturated heterocycles. The van der Waals surface area contributed by atoms with Gasteiger partial charge in [-0.15, -0.1) is 0 Å². The molecule has 12 heavy (non-hydrogen) atoms. The zero-order valence-electron chi connectivity index (χ0n) is 6.85. The first-order valence-corrected chi connectivity index (χ1v) is 3.49. The second-order valence-corrected chi connectivity index (χ2v) is 2.41. The Kier molecular flexibility index (Phi) is 1.43. The lowest BCUT2D eigenvalue weighted by Gasteiger charge is -1.97. The lowest BCUT2D eigenvalue weighted by atomic mass is 10.5. The molecule has 0 aromatic carbocycles. The predicted octanol–water partition coefficient (Wildman–Crippen LogP) is 0.372. The minimum absolute atomic E-state index is 0.514. The van der Waals surface area contributed by atoms with Crippen molar-refractivity contribution >= 4 is 11.2 Å². The summed E-state index contributed by atoms with van der Waals surface area (Å²) in [5.41, 5.74) is 1.48. The van der Waals surface area contributed by atoms with E-state index in [1.54, 1.807) is 13.4 Å². The molecule has 0 aliphatic heterocycles. The van der Waals surface area contributed by atoms with Gasteiger partial charge in [-0.2, -0.15) is 4.98 Å². The van der Waals surface area contributed by atoms with Crippen molar-refractivity contribution in [2.75, 3.05) is 7.11 Å². The van der Waals surface area contributed by atoms with E-state index in [1.807, 2.05) is 11.6 Å². The predicted molar refractivity (Wildman–Crippen MR) is 42.9 cm³/mol. The van der Waals surface area contributed by atoms with Crippen molar-refractivity contribution in [3.8, 4) is 5.88 Å². The topological polar surface area (TPSA) is 52.8 Å². The molecule has 2 rings (SSSR count). The molecule has 0 bridgehead atoms. The van der Waals surface area contributed by atoms with Gasteiger partial charge in [-0.3, -0.25) is 0 Å². The molecule has 5 heteroatoms. The number of imidazole rings is 1. The van der Waals surface area contributed by atoms with Crippen LogP contribution in [0.2, 0.25) is 0 Å². The summed E-state index contributed by atoms with van der Waals surface area (Å²) >= 11 is 0.